The first-order valence-corrected chi connectivity index (χ1v) is 9.77. The Morgan fingerprint density at radius 2 is 1.32 bits per heavy atom. The number of hydrogen-bond acceptors (Lipinski definition) is 3. The summed E-state index contributed by atoms with van der Waals surface area (Å²) in [5.41, 5.74) is 1.14. The number of aryl methyl sites for hydroxylation is 1. The molecule has 0 aliphatic carbocycles. The van der Waals surface area contributed by atoms with Crippen LogP contribution in [0.2, 0.25) is 0 Å². The minimum Gasteiger partial charge on any atom is -0.330 e. The van der Waals surface area contributed by atoms with Gasteiger partial charge in [0.05, 0.1) is 0 Å². The zero-order valence-electron chi connectivity index (χ0n) is 17.0. The van der Waals surface area contributed by atoms with Crippen LogP contribution in [0.4, 0.5) is 0 Å². The van der Waals surface area contributed by atoms with E-state index >= 15 is 0 Å². The molecule has 1 aromatic rings. The Morgan fingerprint density at radius 3 is 1.88 bits per heavy atom. The summed E-state index contributed by atoms with van der Waals surface area (Å²) in [4.78, 5) is 0. The molecule has 0 N–H and O–H groups in total. The first kappa shape index (κ1) is 22.1. The van der Waals surface area contributed by atoms with Crippen molar-refractivity contribution in [2.75, 3.05) is 21.3 Å². The van der Waals surface area contributed by atoms with Crippen LogP contribution in [0, 0.1) is 5.41 Å². The predicted octanol–water partition coefficient (Wildman–Crippen LogP) is 5.97. The van der Waals surface area contributed by atoms with Crippen molar-refractivity contribution in [3.63, 3.8) is 0 Å². The van der Waals surface area contributed by atoms with Crippen LogP contribution < -0.4 is 0 Å². The van der Waals surface area contributed by atoms with E-state index in [9.17, 15) is 0 Å². The lowest BCUT2D eigenvalue weighted by Gasteiger charge is -2.45. The molecule has 0 radical (unpaired) electrons. The first-order valence-electron chi connectivity index (χ1n) is 9.77. The van der Waals surface area contributed by atoms with Crippen molar-refractivity contribution in [1.29, 1.82) is 0 Å². The van der Waals surface area contributed by atoms with Gasteiger partial charge in [-0.1, -0.05) is 82.7 Å². The Hall–Kier alpha value is -0.900. The molecule has 0 aliphatic heterocycles. The summed E-state index contributed by atoms with van der Waals surface area (Å²) < 4.78 is 17.2. The minimum atomic E-state index is -0.995. The summed E-state index contributed by atoms with van der Waals surface area (Å²) in [5, 5.41) is 0. The van der Waals surface area contributed by atoms with Gasteiger partial charge in [-0.25, -0.2) is 0 Å². The summed E-state index contributed by atoms with van der Waals surface area (Å²) in [5.74, 6) is -0.995. The normalized spacial score (nSPS) is 14.4. The van der Waals surface area contributed by atoms with Crippen LogP contribution in [0.1, 0.15) is 70.8 Å². The lowest BCUT2D eigenvalue weighted by molar-refractivity contribution is -0.406. The van der Waals surface area contributed by atoms with Crippen LogP contribution in [0.25, 0.3) is 0 Å². The zero-order valence-corrected chi connectivity index (χ0v) is 17.0. The van der Waals surface area contributed by atoms with Gasteiger partial charge in [0.1, 0.15) is 0 Å². The zero-order chi connectivity index (χ0) is 18.6. The Bertz CT molecular complexity index is 434. The number of methoxy groups -OCH3 is 3. The van der Waals surface area contributed by atoms with Gasteiger partial charge in [-0.15, -0.1) is 0 Å². The monoisotopic (exact) mass is 350 g/mol. The third kappa shape index (κ3) is 6.40. The van der Waals surface area contributed by atoms with E-state index in [4.69, 9.17) is 14.2 Å². The van der Waals surface area contributed by atoms with Gasteiger partial charge < -0.3 is 14.2 Å². The van der Waals surface area contributed by atoms with Crippen LogP contribution in [-0.4, -0.2) is 27.3 Å². The second-order valence-electron chi connectivity index (χ2n) is 7.23. The number of ether oxygens (including phenoxy) is 3. The van der Waals surface area contributed by atoms with Crippen LogP contribution >= 0.6 is 0 Å². The quantitative estimate of drug-likeness (QED) is 0.306. The van der Waals surface area contributed by atoms with Crippen molar-refractivity contribution in [3.8, 4) is 0 Å². The lowest BCUT2D eigenvalue weighted by atomic mass is 9.76. The lowest BCUT2D eigenvalue weighted by Crippen LogP contribution is -2.51. The summed E-state index contributed by atoms with van der Waals surface area (Å²) in [6.07, 6.45) is 10.7. The Kier molecular flexibility index (Phi) is 10.3. The maximum Gasteiger partial charge on any atom is 0.287 e. The van der Waals surface area contributed by atoms with Gasteiger partial charge in [0, 0.05) is 26.7 Å². The predicted molar refractivity (Wildman–Crippen MR) is 105 cm³/mol. The van der Waals surface area contributed by atoms with Gasteiger partial charge in [0.2, 0.25) is 0 Å². The van der Waals surface area contributed by atoms with Gasteiger partial charge in [-0.2, -0.15) is 0 Å². The molecular formula is C22H38O3. The Morgan fingerprint density at radius 1 is 0.760 bits per heavy atom. The van der Waals surface area contributed by atoms with Gasteiger partial charge in [-0.05, 0) is 24.8 Å². The highest BCUT2D eigenvalue weighted by molar-refractivity contribution is 5.15. The summed E-state index contributed by atoms with van der Waals surface area (Å²) in [7, 11) is 5.03. The van der Waals surface area contributed by atoms with E-state index in [0.717, 1.165) is 19.3 Å². The average Bonchev–Trinajstić information content (AvgIpc) is 2.66. The number of rotatable bonds is 14. The maximum atomic E-state index is 5.74. The van der Waals surface area contributed by atoms with Gasteiger partial charge in [0.25, 0.3) is 5.97 Å². The van der Waals surface area contributed by atoms with Crippen molar-refractivity contribution < 1.29 is 14.2 Å². The molecule has 0 saturated heterocycles. The fourth-order valence-corrected chi connectivity index (χ4v) is 3.78. The highest BCUT2D eigenvalue weighted by Gasteiger charge is 2.49. The third-order valence-electron chi connectivity index (χ3n) is 5.44. The molecule has 0 fully saturated rings. The Labute approximate surface area is 155 Å². The molecule has 0 heterocycles. The van der Waals surface area contributed by atoms with E-state index in [0.29, 0.717) is 0 Å². The standard InChI is InChI=1S/C22H38O3/c1-6-7-8-9-10-14-18-21(2,22(23-3,24-4)25-5)19-17-20-15-12-11-13-16-20/h11-13,15-16H,6-10,14,17-19H2,1-5H3. The van der Waals surface area contributed by atoms with E-state index in [1.54, 1.807) is 21.3 Å². The topological polar surface area (TPSA) is 27.7 Å². The van der Waals surface area contributed by atoms with Crippen molar-refractivity contribution in [3.05, 3.63) is 35.9 Å². The van der Waals surface area contributed by atoms with Gasteiger partial charge in [0.15, 0.2) is 0 Å². The molecule has 1 aromatic carbocycles. The van der Waals surface area contributed by atoms with Crippen LogP contribution in [0.5, 0.6) is 0 Å². The average molecular weight is 351 g/mol. The molecule has 3 heteroatoms. The molecule has 3 nitrogen and oxygen atoms in total. The van der Waals surface area contributed by atoms with Crippen molar-refractivity contribution >= 4 is 0 Å². The van der Waals surface area contributed by atoms with E-state index in [2.05, 4.69) is 44.2 Å². The van der Waals surface area contributed by atoms with Gasteiger partial charge in [-0.3, -0.25) is 0 Å². The summed E-state index contributed by atoms with van der Waals surface area (Å²) in [6.45, 7) is 4.49. The molecule has 0 aromatic heterocycles. The second-order valence-corrected chi connectivity index (χ2v) is 7.23. The fraction of sp³-hybridized carbons (Fsp3) is 0.727. The molecule has 1 unspecified atom stereocenters. The van der Waals surface area contributed by atoms with Crippen molar-refractivity contribution in [2.24, 2.45) is 5.41 Å². The van der Waals surface area contributed by atoms with E-state index in [1.165, 1.54) is 44.1 Å². The molecule has 0 bridgehead atoms. The summed E-state index contributed by atoms with van der Waals surface area (Å²) >= 11 is 0. The third-order valence-corrected chi connectivity index (χ3v) is 5.44. The second kappa shape index (κ2) is 11.7. The van der Waals surface area contributed by atoms with Crippen molar-refractivity contribution in [1.82, 2.24) is 0 Å². The van der Waals surface area contributed by atoms with E-state index < -0.39 is 5.97 Å². The molecule has 0 amide bonds. The molecule has 0 spiro atoms. The number of benzene rings is 1. The molecule has 0 aliphatic rings. The molecule has 0 saturated carbocycles. The minimum absolute atomic E-state index is 0.203. The van der Waals surface area contributed by atoms with Crippen LogP contribution in [-0.2, 0) is 20.6 Å². The molecule has 1 atom stereocenters. The Balaban J connectivity index is 2.74. The van der Waals surface area contributed by atoms with Crippen LogP contribution in [0.3, 0.4) is 0 Å². The maximum absolute atomic E-state index is 5.74. The molecular weight excluding hydrogens is 312 g/mol. The number of hydrogen-bond donors (Lipinski definition) is 0. The van der Waals surface area contributed by atoms with E-state index in [-0.39, 0.29) is 5.41 Å². The highest BCUT2D eigenvalue weighted by atomic mass is 16.9. The highest BCUT2D eigenvalue weighted by Crippen LogP contribution is 2.44. The van der Waals surface area contributed by atoms with E-state index in [1.807, 2.05) is 0 Å². The smallest absolute Gasteiger partial charge is 0.287 e. The van der Waals surface area contributed by atoms with Crippen LogP contribution in [0.15, 0.2) is 30.3 Å². The molecule has 1 rings (SSSR count). The van der Waals surface area contributed by atoms with Gasteiger partial charge >= 0.3 is 0 Å². The largest absolute Gasteiger partial charge is 0.330 e. The fourth-order valence-electron chi connectivity index (χ4n) is 3.78. The number of unbranched alkanes of at least 4 members (excludes halogenated alkanes) is 5. The van der Waals surface area contributed by atoms with Crippen molar-refractivity contribution in [2.45, 2.75) is 77.6 Å². The molecule has 25 heavy (non-hydrogen) atoms. The first-order chi connectivity index (χ1) is 12.1. The SMILES string of the molecule is CCCCCCCCC(C)(CCc1ccccc1)C(OC)(OC)OC. The molecule has 144 valence electrons. The summed E-state index contributed by atoms with van der Waals surface area (Å²) in [6, 6.07) is 10.6.